The van der Waals surface area contributed by atoms with Crippen molar-refractivity contribution in [2.45, 2.75) is 31.2 Å². The van der Waals surface area contributed by atoms with Gasteiger partial charge in [-0.3, -0.25) is 0 Å². The smallest absolute Gasteiger partial charge is 0.315 e. The minimum atomic E-state index is -0.236. The van der Waals surface area contributed by atoms with E-state index in [4.69, 9.17) is 14.2 Å². The number of urea groups is 1. The second kappa shape index (κ2) is 7.49. The molecule has 2 amide bonds. The number of tetrazole rings is 1. The number of fused-ring (bicyclic) bond motifs is 1. The van der Waals surface area contributed by atoms with Crippen LogP contribution in [-0.4, -0.2) is 71.4 Å². The highest BCUT2D eigenvalue weighted by Crippen LogP contribution is 2.36. The Bertz CT molecular complexity index is 812. The number of nitrogens with one attached hydrogen (secondary N) is 2. The molecule has 4 atom stereocenters. The van der Waals surface area contributed by atoms with Crippen molar-refractivity contribution in [3.05, 3.63) is 24.3 Å². The standard InChI is InChI=1S/C17H22N6O4/c1-3-18-17(24)19-12-8-26-15-13(9-27-14(12)15)23-16(20-21-22-23)10-5-4-6-11(7-10)25-2/h4-7,12-15H,3,8-9H2,1-2H3,(H2,18,19,24)/t12-,13-,14+,15+/m0/s1. The summed E-state index contributed by atoms with van der Waals surface area (Å²) in [5, 5.41) is 17.8. The molecule has 0 bridgehead atoms. The van der Waals surface area contributed by atoms with Gasteiger partial charge in [-0.05, 0) is 29.5 Å². The van der Waals surface area contributed by atoms with Crippen LogP contribution < -0.4 is 15.4 Å². The maximum Gasteiger partial charge on any atom is 0.315 e. The SMILES string of the molecule is CCNC(=O)N[C@H]1CO[C@H]2[C@@H]1OC[C@@H]2n1nnnc1-c1cccc(OC)c1. The average molecular weight is 374 g/mol. The van der Waals surface area contributed by atoms with Crippen LogP contribution in [0.2, 0.25) is 0 Å². The van der Waals surface area contributed by atoms with Crippen LogP contribution in [0.15, 0.2) is 24.3 Å². The van der Waals surface area contributed by atoms with Crippen LogP contribution >= 0.6 is 0 Å². The van der Waals surface area contributed by atoms with Crippen molar-refractivity contribution in [1.29, 1.82) is 0 Å². The summed E-state index contributed by atoms with van der Waals surface area (Å²) in [6, 6.07) is 6.95. The van der Waals surface area contributed by atoms with Gasteiger partial charge in [0.05, 0.1) is 26.4 Å². The van der Waals surface area contributed by atoms with E-state index in [-0.39, 0.29) is 30.3 Å². The minimum Gasteiger partial charge on any atom is -0.497 e. The van der Waals surface area contributed by atoms with E-state index in [9.17, 15) is 4.79 Å². The van der Waals surface area contributed by atoms with Gasteiger partial charge in [0, 0.05) is 12.1 Å². The Hall–Kier alpha value is -2.72. The molecule has 2 aliphatic rings. The van der Waals surface area contributed by atoms with E-state index in [1.807, 2.05) is 31.2 Å². The number of methoxy groups -OCH3 is 1. The molecule has 144 valence electrons. The third kappa shape index (κ3) is 3.33. The fourth-order valence-corrected chi connectivity index (χ4v) is 3.56. The lowest BCUT2D eigenvalue weighted by Crippen LogP contribution is -2.48. The fourth-order valence-electron chi connectivity index (χ4n) is 3.56. The van der Waals surface area contributed by atoms with Crippen molar-refractivity contribution in [2.75, 3.05) is 26.9 Å². The van der Waals surface area contributed by atoms with Crippen LogP contribution in [0.3, 0.4) is 0 Å². The van der Waals surface area contributed by atoms with Crippen LogP contribution in [0, 0.1) is 0 Å². The summed E-state index contributed by atoms with van der Waals surface area (Å²) in [6.45, 7) is 3.23. The number of carbonyl (C=O) groups excluding carboxylic acids is 1. The lowest BCUT2D eigenvalue weighted by Gasteiger charge is -2.18. The third-order valence-corrected chi connectivity index (χ3v) is 4.82. The molecule has 2 aliphatic heterocycles. The van der Waals surface area contributed by atoms with Crippen LogP contribution in [-0.2, 0) is 9.47 Å². The Labute approximate surface area is 156 Å². The molecular formula is C17H22N6O4. The van der Waals surface area contributed by atoms with E-state index in [1.54, 1.807) is 11.8 Å². The van der Waals surface area contributed by atoms with E-state index in [0.29, 0.717) is 25.6 Å². The van der Waals surface area contributed by atoms with E-state index >= 15 is 0 Å². The zero-order chi connectivity index (χ0) is 18.8. The molecular weight excluding hydrogens is 352 g/mol. The van der Waals surface area contributed by atoms with E-state index in [1.165, 1.54) is 0 Å². The van der Waals surface area contributed by atoms with Crippen LogP contribution in [0.4, 0.5) is 4.79 Å². The summed E-state index contributed by atoms with van der Waals surface area (Å²) in [5.74, 6) is 1.35. The average Bonchev–Trinajstić information content (AvgIpc) is 3.39. The molecule has 2 aromatic rings. The summed E-state index contributed by atoms with van der Waals surface area (Å²) < 4.78 is 18.9. The number of amides is 2. The molecule has 4 rings (SSSR count). The maximum absolute atomic E-state index is 11.8. The number of benzene rings is 1. The molecule has 1 aromatic carbocycles. The summed E-state index contributed by atoms with van der Waals surface area (Å²) in [7, 11) is 1.62. The first-order valence-electron chi connectivity index (χ1n) is 8.91. The number of nitrogens with zero attached hydrogens (tertiary/aromatic N) is 4. The maximum atomic E-state index is 11.8. The molecule has 10 nitrogen and oxygen atoms in total. The van der Waals surface area contributed by atoms with Gasteiger partial charge >= 0.3 is 6.03 Å². The highest BCUT2D eigenvalue weighted by Gasteiger charge is 2.50. The molecule has 1 aromatic heterocycles. The van der Waals surface area contributed by atoms with Crippen molar-refractivity contribution in [2.24, 2.45) is 0 Å². The van der Waals surface area contributed by atoms with Gasteiger partial charge in [0.15, 0.2) is 5.82 Å². The molecule has 10 heteroatoms. The molecule has 0 aliphatic carbocycles. The minimum absolute atomic E-state index is 0.174. The van der Waals surface area contributed by atoms with Crippen LogP contribution in [0.5, 0.6) is 5.75 Å². The van der Waals surface area contributed by atoms with Gasteiger partial charge in [0.1, 0.15) is 24.0 Å². The van der Waals surface area contributed by atoms with Gasteiger partial charge in [0.25, 0.3) is 0 Å². The van der Waals surface area contributed by atoms with Gasteiger partial charge < -0.3 is 24.8 Å². The van der Waals surface area contributed by atoms with Crippen LogP contribution in [0.1, 0.15) is 13.0 Å². The Morgan fingerprint density at radius 3 is 3.00 bits per heavy atom. The molecule has 0 unspecified atom stereocenters. The predicted octanol–water partition coefficient (Wildman–Crippen LogP) is 0.375. The molecule has 2 N–H and O–H groups in total. The number of rotatable bonds is 5. The number of carbonyl (C=O) groups is 1. The lowest BCUT2D eigenvalue weighted by atomic mass is 10.1. The molecule has 2 saturated heterocycles. The summed E-state index contributed by atoms with van der Waals surface area (Å²) in [4.78, 5) is 11.8. The number of ether oxygens (including phenoxy) is 3. The summed E-state index contributed by atoms with van der Waals surface area (Å²) in [5.41, 5.74) is 0.845. The zero-order valence-electron chi connectivity index (χ0n) is 15.2. The third-order valence-electron chi connectivity index (χ3n) is 4.82. The van der Waals surface area contributed by atoms with Gasteiger partial charge in [-0.1, -0.05) is 12.1 Å². The summed E-state index contributed by atoms with van der Waals surface area (Å²) in [6.07, 6.45) is -0.468. The van der Waals surface area contributed by atoms with Crippen molar-refractivity contribution < 1.29 is 19.0 Å². The Balaban J connectivity index is 1.53. The molecule has 3 heterocycles. The molecule has 0 radical (unpaired) electrons. The quantitative estimate of drug-likeness (QED) is 0.778. The Morgan fingerprint density at radius 2 is 2.19 bits per heavy atom. The second-order valence-electron chi connectivity index (χ2n) is 6.45. The first-order chi connectivity index (χ1) is 13.2. The topological polar surface area (TPSA) is 112 Å². The van der Waals surface area contributed by atoms with Crippen molar-refractivity contribution in [3.63, 3.8) is 0 Å². The predicted molar refractivity (Wildman–Crippen MR) is 94.3 cm³/mol. The van der Waals surface area contributed by atoms with Gasteiger partial charge in [0.2, 0.25) is 0 Å². The lowest BCUT2D eigenvalue weighted by molar-refractivity contribution is 0.0624. The number of aromatic nitrogens is 4. The normalized spacial score (nSPS) is 26.6. The van der Waals surface area contributed by atoms with E-state index < -0.39 is 0 Å². The zero-order valence-corrected chi connectivity index (χ0v) is 15.2. The van der Waals surface area contributed by atoms with Crippen LogP contribution in [0.25, 0.3) is 11.4 Å². The highest BCUT2D eigenvalue weighted by molar-refractivity contribution is 5.74. The largest absolute Gasteiger partial charge is 0.497 e. The molecule has 27 heavy (non-hydrogen) atoms. The van der Waals surface area contributed by atoms with Crippen molar-refractivity contribution >= 4 is 6.03 Å². The fraction of sp³-hybridized carbons (Fsp3) is 0.529. The summed E-state index contributed by atoms with van der Waals surface area (Å²) >= 11 is 0. The molecule has 0 saturated carbocycles. The van der Waals surface area contributed by atoms with Crippen molar-refractivity contribution in [3.8, 4) is 17.1 Å². The van der Waals surface area contributed by atoms with E-state index in [2.05, 4.69) is 26.2 Å². The highest BCUT2D eigenvalue weighted by atomic mass is 16.6. The van der Waals surface area contributed by atoms with Gasteiger partial charge in [-0.25, -0.2) is 9.48 Å². The number of hydrogen-bond acceptors (Lipinski definition) is 7. The molecule has 2 fully saturated rings. The van der Waals surface area contributed by atoms with Gasteiger partial charge in [-0.2, -0.15) is 0 Å². The Morgan fingerprint density at radius 1 is 1.33 bits per heavy atom. The Kier molecular flexibility index (Phi) is 4.90. The second-order valence-corrected chi connectivity index (χ2v) is 6.45. The number of hydrogen-bond donors (Lipinski definition) is 2. The first kappa shape index (κ1) is 17.7. The van der Waals surface area contributed by atoms with Gasteiger partial charge in [-0.15, -0.1) is 5.10 Å². The monoisotopic (exact) mass is 374 g/mol. The van der Waals surface area contributed by atoms with Crippen molar-refractivity contribution in [1.82, 2.24) is 30.8 Å². The molecule has 0 spiro atoms. The first-order valence-corrected chi connectivity index (χ1v) is 8.91. The van der Waals surface area contributed by atoms with E-state index in [0.717, 1.165) is 11.3 Å².